The minimum Gasteiger partial charge on any atom is -0.383 e. The Balaban J connectivity index is 2.14. The highest BCUT2D eigenvalue weighted by atomic mass is 16.6. The molecule has 4 rings (SSSR count). The van der Waals surface area contributed by atoms with Gasteiger partial charge in [-0.2, -0.15) is 4.68 Å². The van der Waals surface area contributed by atoms with Crippen LogP contribution in [0.5, 0.6) is 0 Å². The molecule has 0 saturated carbocycles. The zero-order valence-corrected chi connectivity index (χ0v) is 14.2. The molecule has 1 atom stereocenters. The third-order valence-corrected chi connectivity index (χ3v) is 4.69. The van der Waals surface area contributed by atoms with Crippen molar-refractivity contribution in [2.75, 3.05) is 0 Å². The average Bonchev–Trinajstić information content (AvgIpc) is 3.00. The fourth-order valence-electron chi connectivity index (χ4n) is 3.49. The molecule has 0 saturated heterocycles. The molecule has 2 heterocycles. The van der Waals surface area contributed by atoms with E-state index in [-0.39, 0.29) is 33.4 Å². The number of hydrogen-bond acceptors (Lipinski definition) is 6. The van der Waals surface area contributed by atoms with Crippen LogP contribution < -0.4 is 22.6 Å². The normalized spacial score (nSPS) is 15.6. The van der Waals surface area contributed by atoms with Crippen molar-refractivity contribution in [2.45, 2.75) is 6.04 Å². The van der Waals surface area contributed by atoms with E-state index < -0.39 is 28.0 Å². The minimum atomic E-state index is -1.16. The highest BCUT2D eigenvalue weighted by molar-refractivity contribution is 6.00. The largest absolute Gasteiger partial charge is 0.383 e. The number of nitro groups is 1. The van der Waals surface area contributed by atoms with Crippen LogP contribution in [0.4, 0.5) is 5.69 Å². The first-order valence-corrected chi connectivity index (χ1v) is 8.13. The smallest absolute Gasteiger partial charge is 0.279 e. The number of hydrogen-bond donors (Lipinski definition) is 2. The first-order chi connectivity index (χ1) is 13.3. The van der Waals surface area contributed by atoms with Crippen molar-refractivity contribution in [3.8, 4) is 0 Å². The third-order valence-electron chi connectivity index (χ3n) is 4.69. The van der Waals surface area contributed by atoms with Crippen molar-refractivity contribution >= 4 is 28.2 Å². The van der Waals surface area contributed by atoms with Crippen molar-refractivity contribution in [2.24, 2.45) is 11.5 Å². The molecular formula is C18H13N5O5. The van der Waals surface area contributed by atoms with Crippen LogP contribution in [0, 0.1) is 10.1 Å². The van der Waals surface area contributed by atoms with Gasteiger partial charge in [0.25, 0.3) is 22.7 Å². The number of primary amides is 1. The quantitative estimate of drug-likeness (QED) is 0.492. The standard InChI is InChI=1S/C18H13N5O5/c19-15-13(16(20)24)14(9-4-3-5-10(8-9)23(27)28)21-17(25)11-6-1-2-7-12(11)18(26)22(15)21/h1-8,14H,19H2,(H2,20,24). The van der Waals surface area contributed by atoms with E-state index in [4.69, 9.17) is 11.5 Å². The van der Waals surface area contributed by atoms with Crippen LogP contribution in [0.2, 0.25) is 0 Å². The molecule has 10 nitrogen and oxygen atoms in total. The van der Waals surface area contributed by atoms with E-state index in [2.05, 4.69) is 0 Å². The van der Waals surface area contributed by atoms with Crippen molar-refractivity contribution < 1.29 is 9.72 Å². The van der Waals surface area contributed by atoms with E-state index in [0.29, 0.717) is 0 Å². The zero-order chi connectivity index (χ0) is 20.2. The summed E-state index contributed by atoms with van der Waals surface area (Å²) in [4.78, 5) is 48.7. The summed E-state index contributed by atoms with van der Waals surface area (Å²) in [5.74, 6) is -1.22. The second-order valence-corrected chi connectivity index (χ2v) is 6.23. The molecule has 28 heavy (non-hydrogen) atoms. The summed E-state index contributed by atoms with van der Waals surface area (Å²) < 4.78 is 1.91. The number of nitrogens with zero attached hydrogens (tertiary/aromatic N) is 3. The predicted octanol–water partition coefficient (Wildman–Crippen LogP) is 0.287. The van der Waals surface area contributed by atoms with E-state index in [9.17, 15) is 24.5 Å². The maximum Gasteiger partial charge on any atom is 0.279 e. The fourth-order valence-corrected chi connectivity index (χ4v) is 3.49. The summed E-state index contributed by atoms with van der Waals surface area (Å²) in [6.45, 7) is 0. The lowest BCUT2D eigenvalue weighted by Crippen LogP contribution is -2.38. The number of carbonyl (C=O) groups is 1. The Kier molecular flexibility index (Phi) is 3.63. The van der Waals surface area contributed by atoms with E-state index in [0.717, 1.165) is 9.36 Å². The topological polar surface area (TPSA) is 156 Å². The van der Waals surface area contributed by atoms with Crippen LogP contribution in [0.15, 0.2) is 63.7 Å². The van der Waals surface area contributed by atoms with Gasteiger partial charge in [-0.05, 0) is 17.7 Å². The molecule has 2 aromatic carbocycles. The van der Waals surface area contributed by atoms with Crippen LogP contribution in [-0.2, 0) is 4.79 Å². The summed E-state index contributed by atoms with van der Waals surface area (Å²) in [5.41, 5.74) is 10.1. The Morgan fingerprint density at radius 2 is 1.68 bits per heavy atom. The molecule has 1 unspecified atom stereocenters. The number of nitro benzene ring substituents is 1. The van der Waals surface area contributed by atoms with Gasteiger partial charge in [0.1, 0.15) is 11.9 Å². The first-order valence-electron chi connectivity index (χ1n) is 8.13. The van der Waals surface area contributed by atoms with E-state index in [1.54, 1.807) is 12.1 Å². The molecule has 1 amide bonds. The van der Waals surface area contributed by atoms with Gasteiger partial charge in [-0.15, -0.1) is 0 Å². The molecule has 140 valence electrons. The number of rotatable bonds is 3. The van der Waals surface area contributed by atoms with Gasteiger partial charge in [0.2, 0.25) is 0 Å². The number of carbonyl (C=O) groups excluding carboxylic acids is 1. The van der Waals surface area contributed by atoms with Gasteiger partial charge in [-0.25, -0.2) is 4.68 Å². The molecule has 0 radical (unpaired) electrons. The van der Waals surface area contributed by atoms with Gasteiger partial charge in [0, 0.05) is 12.1 Å². The molecule has 0 aliphatic carbocycles. The second kappa shape index (κ2) is 5.91. The predicted molar refractivity (Wildman–Crippen MR) is 100 cm³/mol. The van der Waals surface area contributed by atoms with Crippen LogP contribution >= 0.6 is 0 Å². The lowest BCUT2D eigenvalue weighted by atomic mass is 9.98. The highest BCUT2D eigenvalue weighted by Gasteiger charge is 2.37. The minimum absolute atomic E-state index is 0.134. The molecule has 10 heteroatoms. The van der Waals surface area contributed by atoms with Crippen molar-refractivity contribution in [3.05, 3.63) is 90.5 Å². The Labute approximate surface area is 156 Å². The van der Waals surface area contributed by atoms with Crippen LogP contribution in [0.25, 0.3) is 16.6 Å². The van der Waals surface area contributed by atoms with Gasteiger partial charge in [-0.3, -0.25) is 24.5 Å². The molecule has 0 fully saturated rings. The number of nitrogens with two attached hydrogens (primary N) is 2. The van der Waals surface area contributed by atoms with Crippen LogP contribution in [-0.4, -0.2) is 20.2 Å². The lowest BCUT2D eigenvalue weighted by molar-refractivity contribution is -0.384. The highest BCUT2D eigenvalue weighted by Crippen LogP contribution is 2.34. The molecule has 1 aliphatic rings. The molecule has 3 aromatic rings. The summed E-state index contributed by atoms with van der Waals surface area (Å²) in [7, 11) is 0. The Morgan fingerprint density at radius 3 is 2.29 bits per heavy atom. The van der Waals surface area contributed by atoms with Crippen molar-refractivity contribution in [1.82, 2.24) is 9.36 Å². The SMILES string of the molecule is NC(=O)C1=C(N)n2c(=O)c3ccccc3c(=O)n2C1c1cccc([N+](=O)[O-])c1. The molecule has 1 aliphatic heterocycles. The number of amides is 1. The van der Waals surface area contributed by atoms with Crippen LogP contribution in [0.3, 0.4) is 0 Å². The van der Waals surface area contributed by atoms with Crippen LogP contribution in [0.1, 0.15) is 11.6 Å². The van der Waals surface area contributed by atoms with E-state index >= 15 is 0 Å². The van der Waals surface area contributed by atoms with E-state index in [1.165, 1.54) is 36.4 Å². The average molecular weight is 379 g/mol. The fraction of sp³-hybridized carbons (Fsp3) is 0.0556. The van der Waals surface area contributed by atoms with Gasteiger partial charge in [-0.1, -0.05) is 24.3 Å². The molecule has 0 spiro atoms. The summed E-state index contributed by atoms with van der Waals surface area (Å²) in [6.07, 6.45) is 0. The third kappa shape index (κ3) is 2.24. The van der Waals surface area contributed by atoms with Crippen molar-refractivity contribution in [1.29, 1.82) is 0 Å². The number of aromatic nitrogens is 2. The summed E-state index contributed by atoms with van der Waals surface area (Å²) in [5, 5.41) is 11.4. The first kappa shape index (κ1) is 17.2. The monoisotopic (exact) mass is 379 g/mol. The van der Waals surface area contributed by atoms with Crippen molar-refractivity contribution in [3.63, 3.8) is 0 Å². The molecule has 1 aromatic heterocycles. The van der Waals surface area contributed by atoms with E-state index in [1.807, 2.05) is 0 Å². The maximum absolute atomic E-state index is 13.1. The second-order valence-electron chi connectivity index (χ2n) is 6.23. The Hall–Kier alpha value is -4.21. The molecule has 4 N–H and O–H groups in total. The molecular weight excluding hydrogens is 366 g/mol. The summed E-state index contributed by atoms with van der Waals surface area (Å²) in [6, 6.07) is 10.4. The molecule has 0 bridgehead atoms. The van der Waals surface area contributed by atoms with Gasteiger partial charge >= 0.3 is 0 Å². The van der Waals surface area contributed by atoms with Gasteiger partial charge < -0.3 is 11.5 Å². The maximum atomic E-state index is 13.1. The lowest BCUT2D eigenvalue weighted by Gasteiger charge is -2.17. The Morgan fingerprint density at radius 1 is 1.04 bits per heavy atom. The number of fused-ring (bicyclic) bond motifs is 2. The van der Waals surface area contributed by atoms with Gasteiger partial charge in [0.15, 0.2) is 0 Å². The number of non-ortho nitro benzene ring substituents is 1. The summed E-state index contributed by atoms with van der Waals surface area (Å²) >= 11 is 0. The van der Waals surface area contributed by atoms with Gasteiger partial charge in [0.05, 0.1) is 21.3 Å². The Bertz CT molecular complexity index is 1330. The zero-order valence-electron chi connectivity index (χ0n) is 14.2. The number of benzene rings is 2.